The molecule has 4 aromatic rings. The van der Waals surface area contributed by atoms with Gasteiger partial charge in [0.1, 0.15) is 5.82 Å². The summed E-state index contributed by atoms with van der Waals surface area (Å²) in [7, 11) is 0. The van der Waals surface area contributed by atoms with Crippen molar-refractivity contribution in [3.63, 3.8) is 0 Å². The van der Waals surface area contributed by atoms with Gasteiger partial charge in [-0.05, 0) is 57.0 Å². The molecule has 0 fully saturated rings. The van der Waals surface area contributed by atoms with E-state index in [1.54, 1.807) is 29.0 Å². The first-order chi connectivity index (χ1) is 16.5. The van der Waals surface area contributed by atoms with E-state index in [4.69, 9.17) is 4.98 Å². The minimum absolute atomic E-state index is 0.0340. The Kier molecular flexibility index (Phi) is 5.79. The van der Waals surface area contributed by atoms with Crippen LogP contribution in [0.5, 0.6) is 0 Å². The molecule has 1 aliphatic rings. The standard InChI is InChI=1S/C26H26N6O2/c1-17-22(18(2)32(30-17)20-9-5-3-6-10-20)16-27-29-25(33)19-12-13-21-23(15-19)28-24-11-7-4-8-14-31(24)26(21)34/h3,5-6,9-10,12-13,15-16H,4,7-8,11,14H2,1-2H3,(H,29,33)/b27-16+. The van der Waals surface area contributed by atoms with Crippen LogP contribution < -0.4 is 11.0 Å². The van der Waals surface area contributed by atoms with Gasteiger partial charge in [-0.1, -0.05) is 24.6 Å². The Labute approximate surface area is 197 Å². The second-order valence-corrected chi connectivity index (χ2v) is 8.56. The summed E-state index contributed by atoms with van der Waals surface area (Å²) >= 11 is 0. The van der Waals surface area contributed by atoms with E-state index in [-0.39, 0.29) is 11.5 Å². The number of aromatic nitrogens is 4. The average Bonchev–Trinajstić information content (AvgIpc) is 3.00. The number of amides is 1. The van der Waals surface area contributed by atoms with Crippen molar-refractivity contribution in [1.29, 1.82) is 0 Å². The monoisotopic (exact) mass is 454 g/mol. The van der Waals surface area contributed by atoms with Crippen molar-refractivity contribution in [2.75, 3.05) is 0 Å². The molecular weight excluding hydrogens is 428 g/mol. The Morgan fingerprint density at radius 2 is 1.91 bits per heavy atom. The van der Waals surface area contributed by atoms with E-state index < -0.39 is 0 Å². The first-order valence-corrected chi connectivity index (χ1v) is 11.5. The van der Waals surface area contributed by atoms with Gasteiger partial charge < -0.3 is 0 Å². The number of nitrogens with zero attached hydrogens (tertiary/aromatic N) is 5. The molecule has 1 N–H and O–H groups in total. The normalized spacial score (nSPS) is 13.7. The summed E-state index contributed by atoms with van der Waals surface area (Å²) in [6, 6.07) is 14.8. The van der Waals surface area contributed by atoms with Crippen LogP contribution in [0.25, 0.3) is 16.6 Å². The Morgan fingerprint density at radius 3 is 2.74 bits per heavy atom. The van der Waals surface area contributed by atoms with Crippen molar-refractivity contribution in [3.8, 4) is 5.69 Å². The van der Waals surface area contributed by atoms with Crippen molar-refractivity contribution < 1.29 is 4.79 Å². The summed E-state index contributed by atoms with van der Waals surface area (Å²) in [6.45, 7) is 4.58. The average molecular weight is 455 g/mol. The predicted octanol–water partition coefficient (Wildman–Crippen LogP) is 3.69. The smallest absolute Gasteiger partial charge is 0.271 e. The number of nitrogens with one attached hydrogen (secondary N) is 1. The van der Waals surface area contributed by atoms with E-state index in [9.17, 15) is 9.59 Å². The quantitative estimate of drug-likeness (QED) is 0.376. The molecule has 2 aromatic carbocycles. The van der Waals surface area contributed by atoms with Crippen LogP contribution in [0.3, 0.4) is 0 Å². The third-order valence-corrected chi connectivity index (χ3v) is 6.29. The summed E-state index contributed by atoms with van der Waals surface area (Å²) in [6.07, 6.45) is 5.49. The van der Waals surface area contributed by atoms with E-state index in [1.165, 1.54) is 0 Å². The van der Waals surface area contributed by atoms with Gasteiger partial charge >= 0.3 is 0 Å². The zero-order valence-electron chi connectivity index (χ0n) is 19.3. The van der Waals surface area contributed by atoms with Gasteiger partial charge in [-0.25, -0.2) is 15.1 Å². The summed E-state index contributed by atoms with van der Waals surface area (Å²) in [4.78, 5) is 30.3. The van der Waals surface area contributed by atoms with Crippen molar-refractivity contribution in [3.05, 3.63) is 87.2 Å². The van der Waals surface area contributed by atoms with Gasteiger partial charge in [0.2, 0.25) is 0 Å². The lowest BCUT2D eigenvalue weighted by molar-refractivity contribution is 0.0955. The van der Waals surface area contributed by atoms with Crippen LogP contribution in [-0.2, 0) is 13.0 Å². The molecule has 172 valence electrons. The Hall–Kier alpha value is -4.07. The van der Waals surface area contributed by atoms with Crippen molar-refractivity contribution in [2.24, 2.45) is 5.10 Å². The molecule has 2 aromatic heterocycles. The fraction of sp³-hybridized carbons (Fsp3) is 0.269. The molecule has 0 saturated carbocycles. The molecule has 0 saturated heterocycles. The SMILES string of the molecule is Cc1nn(-c2ccccc2)c(C)c1/C=N/NC(=O)c1ccc2c(=O)n3c(nc2c1)CCCCC3. The van der Waals surface area contributed by atoms with Gasteiger partial charge in [-0.15, -0.1) is 0 Å². The number of para-hydroxylation sites is 1. The molecule has 8 nitrogen and oxygen atoms in total. The number of carbonyl (C=O) groups excluding carboxylic acids is 1. The van der Waals surface area contributed by atoms with Gasteiger partial charge in [0.25, 0.3) is 11.5 Å². The molecule has 3 heterocycles. The molecule has 0 aliphatic carbocycles. The highest BCUT2D eigenvalue weighted by Crippen LogP contribution is 2.17. The number of fused-ring (bicyclic) bond motifs is 2. The molecular formula is C26H26N6O2. The lowest BCUT2D eigenvalue weighted by atomic mass is 10.1. The molecule has 34 heavy (non-hydrogen) atoms. The molecule has 0 atom stereocenters. The topological polar surface area (TPSA) is 94.2 Å². The highest BCUT2D eigenvalue weighted by Gasteiger charge is 2.16. The number of aryl methyl sites for hydroxylation is 2. The number of rotatable bonds is 4. The van der Waals surface area contributed by atoms with E-state index >= 15 is 0 Å². The van der Waals surface area contributed by atoms with E-state index in [1.807, 2.05) is 48.9 Å². The van der Waals surface area contributed by atoms with Crippen LogP contribution in [0.2, 0.25) is 0 Å². The van der Waals surface area contributed by atoms with E-state index in [0.717, 1.165) is 54.1 Å². The maximum Gasteiger partial charge on any atom is 0.271 e. The second kappa shape index (κ2) is 9.05. The largest absolute Gasteiger partial charge is 0.296 e. The van der Waals surface area contributed by atoms with E-state index in [0.29, 0.717) is 23.0 Å². The summed E-state index contributed by atoms with van der Waals surface area (Å²) in [5.41, 5.74) is 7.06. The van der Waals surface area contributed by atoms with Gasteiger partial charge in [-0.2, -0.15) is 10.2 Å². The van der Waals surface area contributed by atoms with Crippen LogP contribution in [0.1, 0.15) is 52.4 Å². The minimum Gasteiger partial charge on any atom is -0.296 e. The van der Waals surface area contributed by atoms with Gasteiger partial charge in [-0.3, -0.25) is 14.2 Å². The van der Waals surface area contributed by atoms with Crippen molar-refractivity contribution in [2.45, 2.75) is 46.1 Å². The third-order valence-electron chi connectivity index (χ3n) is 6.29. The highest BCUT2D eigenvalue weighted by atomic mass is 16.2. The van der Waals surface area contributed by atoms with Crippen LogP contribution >= 0.6 is 0 Å². The lowest BCUT2D eigenvalue weighted by Crippen LogP contribution is -2.25. The Morgan fingerprint density at radius 1 is 1.09 bits per heavy atom. The van der Waals surface area contributed by atoms with Crippen molar-refractivity contribution in [1.82, 2.24) is 24.8 Å². The molecule has 0 bridgehead atoms. The summed E-state index contributed by atoms with van der Waals surface area (Å²) in [5, 5.41) is 9.29. The Balaban J connectivity index is 1.37. The van der Waals surface area contributed by atoms with Gasteiger partial charge in [0, 0.05) is 24.1 Å². The molecule has 0 radical (unpaired) electrons. The van der Waals surface area contributed by atoms with Crippen LogP contribution in [0, 0.1) is 13.8 Å². The Bertz CT molecular complexity index is 1470. The molecule has 0 unspecified atom stereocenters. The maximum absolute atomic E-state index is 12.9. The van der Waals surface area contributed by atoms with Gasteiger partial charge in [0.15, 0.2) is 0 Å². The predicted molar refractivity (Wildman–Crippen MR) is 132 cm³/mol. The van der Waals surface area contributed by atoms with Crippen LogP contribution in [0.4, 0.5) is 0 Å². The molecule has 1 aliphatic heterocycles. The summed E-state index contributed by atoms with van der Waals surface area (Å²) in [5.74, 6) is 0.438. The second-order valence-electron chi connectivity index (χ2n) is 8.56. The highest BCUT2D eigenvalue weighted by molar-refractivity contribution is 5.98. The first-order valence-electron chi connectivity index (χ1n) is 11.5. The number of hydrazone groups is 1. The van der Waals surface area contributed by atoms with E-state index in [2.05, 4.69) is 15.6 Å². The number of carbonyl (C=O) groups is 1. The lowest BCUT2D eigenvalue weighted by Gasteiger charge is -2.10. The third kappa shape index (κ3) is 4.03. The molecule has 1 amide bonds. The fourth-order valence-electron chi connectivity index (χ4n) is 4.44. The molecule has 0 spiro atoms. The fourth-order valence-corrected chi connectivity index (χ4v) is 4.44. The minimum atomic E-state index is -0.360. The zero-order chi connectivity index (χ0) is 23.7. The molecule has 8 heteroatoms. The van der Waals surface area contributed by atoms with Crippen molar-refractivity contribution >= 4 is 23.0 Å². The molecule has 5 rings (SSSR count). The van der Waals surface area contributed by atoms with Crippen LogP contribution in [-0.4, -0.2) is 31.5 Å². The number of hydrogen-bond acceptors (Lipinski definition) is 5. The van der Waals surface area contributed by atoms with Crippen LogP contribution in [0.15, 0.2) is 58.4 Å². The number of benzene rings is 2. The first kappa shape index (κ1) is 21.8. The number of hydrogen-bond donors (Lipinski definition) is 1. The van der Waals surface area contributed by atoms with Gasteiger partial charge in [0.05, 0.1) is 34.2 Å². The maximum atomic E-state index is 12.9. The zero-order valence-corrected chi connectivity index (χ0v) is 19.3. The summed E-state index contributed by atoms with van der Waals surface area (Å²) < 4.78 is 3.63.